The van der Waals surface area contributed by atoms with Crippen molar-refractivity contribution in [1.82, 2.24) is 0 Å². The van der Waals surface area contributed by atoms with Gasteiger partial charge in [-0.1, -0.05) is 32.3 Å². The molecular weight excluding hydrogens is 188 g/mol. The molecule has 2 saturated carbocycles. The molecule has 2 heteroatoms. The Bertz CT molecular complexity index is 308. The van der Waals surface area contributed by atoms with Crippen molar-refractivity contribution in [3.63, 3.8) is 0 Å². The van der Waals surface area contributed by atoms with E-state index >= 15 is 0 Å². The molecule has 1 heterocycles. The fourth-order valence-electron chi connectivity index (χ4n) is 3.81. The summed E-state index contributed by atoms with van der Waals surface area (Å²) in [6, 6.07) is 0. The summed E-state index contributed by atoms with van der Waals surface area (Å²) in [7, 11) is 0. The molecule has 3 rings (SSSR count). The van der Waals surface area contributed by atoms with Gasteiger partial charge in [-0.25, -0.2) is 4.79 Å². The zero-order chi connectivity index (χ0) is 10.4. The first-order chi connectivity index (χ1) is 7.27. The number of hydrogen-bond acceptors (Lipinski definition) is 2. The van der Waals surface area contributed by atoms with Crippen LogP contribution in [-0.4, -0.2) is 12.1 Å². The van der Waals surface area contributed by atoms with Crippen LogP contribution in [0.25, 0.3) is 0 Å². The van der Waals surface area contributed by atoms with Gasteiger partial charge in [-0.3, -0.25) is 0 Å². The van der Waals surface area contributed by atoms with Crippen molar-refractivity contribution in [3.8, 4) is 0 Å². The fraction of sp³-hybridized carbons (Fsp3) is 0.769. The maximum Gasteiger partial charge on any atom is 0.334 e. The molecule has 0 aromatic rings. The Morgan fingerprint density at radius 2 is 1.87 bits per heavy atom. The van der Waals surface area contributed by atoms with Crippen molar-refractivity contribution in [2.24, 2.45) is 17.8 Å². The number of carbonyl (C=O) groups is 1. The molecule has 82 valence electrons. The maximum atomic E-state index is 11.5. The number of esters is 1. The summed E-state index contributed by atoms with van der Waals surface area (Å²) in [5.41, 5.74) is 0.743. The molecule has 0 bridgehead atoms. The van der Waals surface area contributed by atoms with E-state index in [1.54, 1.807) is 0 Å². The van der Waals surface area contributed by atoms with Crippen molar-refractivity contribution < 1.29 is 9.53 Å². The predicted molar refractivity (Wildman–Crippen MR) is 57.2 cm³/mol. The summed E-state index contributed by atoms with van der Waals surface area (Å²) in [5, 5.41) is 0. The Balaban J connectivity index is 1.89. The Morgan fingerprint density at radius 3 is 2.67 bits per heavy atom. The summed E-state index contributed by atoms with van der Waals surface area (Å²) in [5.74, 6) is 1.67. The number of ether oxygens (including phenoxy) is 1. The molecule has 2 nitrogen and oxygen atoms in total. The van der Waals surface area contributed by atoms with Gasteiger partial charge in [0.2, 0.25) is 0 Å². The largest absolute Gasteiger partial charge is 0.458 e. The third-order valence-electron chi connectivity index (χ3n) is 4.58. The van der Waals surface area contributed by atoms with Crippen LogP contribution in [-0.2, 0) is 9.53 Å². The van der Waals surface area contributed by atoms with E-state index in [1.807, 2.05) is 0 Å². The summed E-state index contributed by atoms with van der Waals surface area (Å²) in [6.45, 7) is 3.90. The van der Waals surface area contributed by atoms with Crippen LogP contribution in [0.2, 0.25) is 0 Å². The fourth-order valence-corrected chi connectivity index (χ4v) is 3.81. The van der Waals surface area contributed by atoms with Crippen molar-refractivity contribution in [2.75, 3.05) is 0 Å². The van der Waals surface area contributed by atoms with E-state index in [2.05, 4.69) is 6.58 Å². The highest BCUT2D eigenvalue weighted by Gasteiger charge is 2.47. The lowest BCUT2D eigenvalue weighted by molar-refractivity contribution is -0.141. The molecule has 1 aliphatic heterocycles. The summed E-state index contributed by atoms with van der Waals surface area (Å²) < 4.78 is 5.53. The molecular formula is C13H18O2. The van der Waals surface area contributed by atoms with Crippen LogP contribution in [0.3, 0.4) is 0 Å². The minimum Gasteiger partial charge on any atom is -0.458 e. The monoisotopic (exact) mass is 206 g/mol. The van der Waals surface area contributed by atoms with E-state index in [0.717, 1.165) is 17.9 Å². The average molecular weight is 206 g/mol. The van der Waals surface area contributed by atoms with Gasteiger partial charge in [0, 0.05) is 11.5 Å². The topological polar surface area (TPSA) is 26.3 Å². The SMILES string of the molecule is C=C1C(=O)O[C@@H]2[C@@H]3CCC[C@H]3CCC[C@H]12. The van der Waals surface area contributed by atoms with Crippen molar-refractivity contribution in [2.45, 2.75) is 44.6 Å². The van der Waals surface area contributed by atoms with Crippen LogP contribution in [0.5, 0.6) is 0 Å². The highest BCUT2D eigenvalue weighted by Crippen LogP contribution is 2.48. The molecule has 0 spiro atoms. The Kier molecular flexibility index (Phi) is 2.11. The van der Waals surface area contributed by atoms with Gasteiger partial charge < -0.3 is 4.74 Å². The summed E-state index contributed by atoms with van der Waals surface area (Å²) in [6.07, 6.45) is 7.80. The van der Waals surface area contributed by atoms with E-state index in [1.165, 1.54) is 32.1 Å². The number of hydrogen-bond donors (Lipinski definition) is 0. The van der Waals surface area contributed by atoms with Gasteiger partial charge in [0.1, 0.15) is 6.10 Å². The smallest absolute Gasteiger partial charge is 0.334 e. The first-order valence-corrected chi connectivity index (χ1v) is 6.17. The molecule has 0 amide bonds. The molecule has 0 aromatic heterocycles. The van der Waals surface area contributed by atoms with Crippen LogP contribution in [0.1, 0.15) is 38.5 Å². The first kappa shape index (κ1) is 9.44. The lowest BCUT2D eigenvalue weighted by atomic mass is 9.84. The molecule has 0 N–H and O–H groups in total. The highest BCUT2D eigenvalue weighted by atomic mass is 16.6. The van der Waals surface area contributed by atoms with Gasteiger partial charge in [-0.2, -0.15) is 0 Å². The third kappa shape index (κ3) is 1.34. The zero-order valence-electron chi connectivity index (χ0n) is 9.08. The molecule has 1 saturated heterocycles. The minimum absolute atomic E-state index is 0.127. The van der Waals surface area contributed by atoms with Crippen molar-refractivity contribution in [1.29, 1.82) is 0 Å². The molecule has 15 heavy (non-hydrogen) atoms. The minimum atomic E-state index is -0.127. The second-order valence-electron chi connectivity index (χ2n) is 5.29. The second kappa shape index (κ2) is 3.36. The number of rotatable bonds is 0. The van der Waals surface area contributed by atoms with Crippen LogP contribution in [0.15, 0.2) is 12.2 Å². The lowest BCUT2D eigenvalue weighted by Gasteiger charge is -2.24. The zero-order valence-corrected chi connectivity index (χ0v) is 9.08. The van der Waals surface area contributed by atoms with E-state index in [0.29, 0.717) is 11.8 Å². The Labute approximate surface area is 90.7 Å². The van der Waals surface area contributed by atoms with Crippen molar-refractivity contribution in [3.05, 3.63) is 12.2 Å². The molecule has 2 aliphatic carbocycles. The Hall–Kier alpha value is -0.790. The molecule has 0 aromatic carbocycles. The lowest BCUT2D eigenvalue weighted by Crippen LogP contribution is -2.27. The standard InChI is InChI=1S/C13H18O2/c1-8-10-6-2-4-9-5-3-7-11(9)12(10)15-13(8)14/h9-12H,1-7H2/t9-,10-,11-,12+/m1/s1. The molecule has 4 atom stereocenters. The quantitative estimate of drug-likeness (QED) is 0.450. The van der Waals surface area contributed by atoms with E-state index in [9.17, 15) is 4.79 Å². The molecule has 3 aliphatic rings. The average Bonchev–Trinajstić information content (AvgIpc) is 2.73. The number of carbonyl (C=O) groups excluding carboxylic acids is 1. The van der Waals surface area contributed by atoms with Gasteiger partial charge >= 0.3 is 5.97 Å². The maximum absolute atomic E-state index is 11.5. The predicted octanol–water partition coefficient (Wildman–Crippen LogP) is 2.68. The molecule has 0 radical (unpaired) electrons. The second-order valence-corrected chi connectivity index (χ2v) is 5.29. The Morgan fingerprint density at radius 1 is 1.13 bits per heavy atom. The highest BCUT2D eigenvalue weighted by molar-refractivity contribution is 5.90. The van der Waals surface area contributed by atoms with Gasteiger partial charge in [0.15, 0.2) is 0 Å². The van der Waals surface area contributed by atoms with Gasteiger partial charge in [0.25, 0.3) is 0 Å². The van der Waals surface area contributed by atoms with Crippen LogP contribution in [0.4, 0.5) is 0 Å². The van der Waals surface area contributed by atoms with E-state index in [-0.39, 0.29) is 12.1 Å². The number of fused-ring (bicyclic) bond motifs is 3. The molecule has 0 unspecified atom stereocenters. The van der Waals surface area contributed by atoms with Crippen molar-refractivity contribution >= 4 is 5.97 Å². The van der Waals surface area contributed by atoms with Crippen LogP contribution < -0.4 is 0 Å². The molecule has 3 fully saturated rings. The van der Waals surface area contributed by atoms with E-state index in [4.69, 9.17) is 4.74 Å². The van der Waals surface area contributed by atoms with Crippen LogP contribution in [0, 0.1) is 17.8 Å². The summed E-state index contributed by atoms with van der Waals surface area (Å²) >= 11 is 0. The summed E-state index contributed by atoms with van der Waals surface area (Å²) in [4.78, 5) is 11.5. The normalized spacial score (nSPS) is 44.5. The van der Waals surface area contributed by atoms with E-state index < -0.39 is 0 Å². The first-order valence-electron chi connectivity index (χ1n) is 6.17. The third-order valence-corrected chi connectivity index (χ3v) is 4.58. The van der Waals surface area contributed by atoms with Gasteiger partial charge in [-0.05, 0) is 24.7 Å². The van der Waals surface area contributed by atoms with Gasteiger partial charge in [0.05, 0.1) is 0 Å². The van der Waals surface area contributed by atoms with Gasteiger partial charge in [-0.15, -0.1) is 0 Å². The van der Waals surface area contributed by atoms with Crippen LogP contribution >= 0.6 is 0 Å².